The minimum atomic E-state index is 0.116. The van der Waals surface area contributed by atoms with Crippen LogP contribution >= 0.6 is 12.2 Å². The van der Waals surface area contributed by atoms with Gasteiger partial charge in [0.2, 0.25) is 0 Å². The summed E-state index contributed by atoms with van der Waals surface area (Å²) in [5.74, 6) is 0. The van der Waals surface area contributed by atoms with Crippen molar-refractivity contribution in [2.45, 2.75) is 12.2 Å². The van der Waals surface area contributed by atoms with Crippen molar-refractivity contribution in [3.05, 3.63) is 29.8 Å². The minimum absolute atomic E-state index is 0.116. The number of benzene rings is 1. The third kappa shape index (κ3) is 2.63. The van der Waals surface area contributed by atoms with E-state index in [2.05, 4.69) is 4.90 Å². The summed E-state index contributed by atoms with van der Waals surface area (Å²) in [5.41, 5.74) is 7.61. The van der Waals surface area contributed by atoms with Gasteiger partial charge < -0.3 is 20.1 Å². The number of anilines is 1. The smallest absolute Gasteiger partial charge is 0.103 e. The molecule has 18 heavy (non-hydrogen) atoms. The Hall–Kier alpha value is -1.17. The molecule has 1 aromatic carbocycles. The Morgan fingerprint density at radius 3 is 2.06 bits per heavy atom. The van der Waals surface area contributed by atoms with Crippen LogP contribution < -0.4 is 10.6 Å². The Kier molecular flexibility index (Phi) is 4.16. The quantitative estimate of drug-likeness (QED) is 0.829. The van der Waals surface area contributed by atoms with Gasteiger partial charge in [0.1, 0.15) is 17.2 Å². The van der Waals surface area contributed by atoms with Crippen molar-refractivity contribution in [1.29, 1.82) is 0 Å². The van der Waals surface area contributed by atoms with E-state index in [1.807, 2.05) is 24.3 Å². The molecule has 0 amide bonds. The van der Waals surface area contributed by atoms with E-state index in [-0.39, 0.29) is 12.2 Å². The first-order chi connectivity index (χ1) is 8.65. The first-order valence-corrected chi connectivity index (χ1v) is 6.27. The number of nitrogens with two attached hydrogens (primary N) is 1. The van der Waals surface area contributed by atoms with Gasteiger partial charge in [0.25, 0.3) is 0 Å². The van der Waals surface area contributed by atoms with Gasteiger partial charge in [0, 0.05) is 38.6 Å². The van der Waals surface area contributed by atoms with Gasteiger partial charge in [-0.2, -0.15) is 0 Å². The second kappa shape index (κ2) is 5.65. The molecule has 2 unspecified atom stereocenters. The maximum atomic E-state index is 5.58. The third-order valence-electron chi connectivity index (χ3n) is 3.34. The zero-order valence-electron chi connectivity index (χ0n) is 10.6. The van der Waals surface area contributed by atoms with Crippen molar-refractivity contribution < 1.29 is 9.47 Å². The van der Waals surface area contributed by atoms with Crippen LogP contribution in [0.25, 0.3) is 0 Å². The molecule has 5 heteroatoms. The Morgan fingerprint density at radius 1 is 1.17 bits per heavy atom. The number of methoxy groups -OCH3 is 2. The van der Waals surface area contributed by atoms with Crippen molar-refractivity contribution in [3.8, 4) is 0 Å². The van der Waals surface area contributed by atoms with E-state index < -0.39 is 0 Å². The van der Waals surface area contributed by atoms with Gasteiger partial charge in [0.05, 0.1) is 0 Å². The van der Waals surface area contributed by atoms with E-state index in [1.165, 1.54) is 0 Å². The molecule has 1 saturated heterocycles. The summed E-state index contributed by atoms with van der Waals surface area (Å²) in [6.45, 7) is 1.67. The molecule has 0 aliphatic carbocycles. The van der Waals surface area contributed by atoms with Crippen LogP contribution in [0.3, 0.4) is 0 Å². The second-order valence-electron chi connectivity index (χ2n) is 4.36. The standard InChI is InChI=1S/C13H18N2O2S/c1-16-11-7-15(8-12(11)17-2)10-5-3-9(4-6-10)13(14)18/h3-6,11-12H,7-8H2,1-2H3,(H2,14,18). The lowest BCUT2D eigenvalue weighted by Gasteiger charge is -2.18. The average Bonchev–Trinajstić information content (AvgIpc) is 2.82. The lowest BCUT2D eigenvalue weighted by Crippen LogP contribution is -2.27. The number of hydrogen-bond acceptors (Lipinski definition) is 4. The monoisotopic (exact) mass is 266 g/mol. The maximum Gasteiger partial charge on any atom is 0.103 e. The lowest BCUT2D eigenvalue weighted by molar-refractivity contribution is -0.00461. The van der Waals surface area contributed by atoms with Gasteiger partial charge in [-0.1, -0.05) is 12.2 Å². The van der Waals surface area contributed by atoms with Gasteiger partial charge in [-0.25, -0.2) is 0 Å². The Morgan fingerprint density at radius 2 is 1.67 bits per heavy atom. The fourth-order valence-electron chi connectivity index (χ4n) is 2.24. The Bertz CT molecular complexity index is 410. The van der Waals surface area contributed by atoms with Gasteiger partial charge in [-0.05, 0) is 24.3 Å². The average molecular weight is 266 g/mol. The lowest BCUT2D eigenvalue weighted by atomic mass is 10.2. The predicted molar refractivity (Wildman–Crippen MR) is 76.1 cm³/mol. The molecule has 1 fully saturated rings. The molecular formula is C13H18N2O2S. The van der Waals surface area contributed by atoms with Gasteiger partial charge in [-0.3, -0.25) is 0 Å². The summed E-state index contributed by atoms with van der Waals surface area (Å²) in [6.07, 6.45) is 0.232. The highest BCUT2D eigenvalue weighted by Gasteiger charge is 2.32. The highest BCUT2D eigenvalue weighted by molar-refractivity contribution is 7.80. The van der Waals surface area contributed by atoms with E-state index in [1.54, 1.807) is 14.2 Å². The van der Waals surface area contributed by atoms with Gasteiger partial charge in [-0.15, -0.1) is 0 Å². The van der Waals surface area contributed by atoms with Crippen molar-refractivity contribution in [2.75, 3.05) is 32.2 Å². The molecule has 2 rings (SSSR count). The van der Waals surface area contributed by atoms with E-state index >= 15 is 0 Å². The van der Waals surface area contributed by atoms with Crippen LogP contribution in [0, 0.1) is 0 Å². The summed E-state index contributed by atoms with van der Waals surface area (Å²) in [6, 6.07) is 7.94. The maximum absolute atomic E-state index is 5.58. The summed E-state index contributed by atoms with van der Waals surface area (Å²) in [4.78, 5) is 2.67. The normalized spacial score (nSPS) is 23.3. The van der Waals surface area contributed by atoms with Crippen molar-refractivity contribution >= 4 is 22.9 Å². The number of ether oxygens (including phenoxy) is 2. The van der Waals surface area contributed by atoms with Gasteiger partial charge in [0.15, 0.2) is 0 Å². The van der Waals surface area contributed by atoms with Crippen molar-refractivity contribution in [1.82, 2.24) is 0 Å². The topological polar surface area (TPSA) is 47.7 Å². The first kappa shape index (κ1) is 13.3. The third-order valence-corrected chi connectivity index (χ3v) is 3.57. The van der Waals surface area contributed by atoms with Crippen LogP contribution in [0.4, 0.5) is 5.69 Å². The molecule has 1 aromatic rings. The van der Waals surface area contributed by atoms with Crippen LogP contribution in [0.1, 0.15) is 5.56 Å². The molecule has 0 saturated carbocycles. The molecule has 1 aliphatic heterocycles. The second-order valence-corrected chi connectivity index (χ2v) is 4.80. The fraction of sp³-hybridized carbons (Fsp3) is 0.462. The van der Waals surface area contributed by atoms with Crippen LogP contribution in [0.15, 0.2) is 24.3 Å². The molecule has 2 atom stereocenters. The number of thiocarbonyl (C=S) groups is 1. The van der Waals surface area contributed by atoms with Crippen LogP contribution in [-0.4, -0.2) is 44.5 Å². The zero-order chi connectivity index (χ0) is 13.1. The molecule has 0 bridgehead atoms. The largest absolute Gasteiger partial charge is 0.389 e. The number of rotatable bonds is 4. The molecule has 1 heterocycles. The number of nitrogens with zero attached hydrogens (tertiary/aromatic N) is 1. The summed E-state index contributed by atoms with van der Waals surface area (Å²) in [7, 11) is 3.44. The van der Waals surface area contributed by atoms with E-state index in [0.29, 0.717) is 4.99 Å². The number of hydrogen-bond donors (Lipinski definition) is 1. The van der Waals surface area contributed by atoms with Crippen LogP contribution in [-0.2, 0) is 9.47 Å². The highest BCUT2D eigenvalue weighted by atomic mass is 32.1. The predicted octanol–water partition coefficient (Wildman–Crippen LogP) is 1.17. The summed E-state index contributed by atoms with van der Waals surface area (Å²) < 4.78 is 10.8. The molecule has 0 aromatic heterocycles. The van der Waals surface area contributed by atoms with Gasteiger partial charge >= 0.3 is 0 Å². The SMILES string of the molecule is COC1CN(c2ccc(C(N)=S)cc2)CC1OC. The highest BCUT2D eigenvalue weighted by Crippen LogP contribution is 2.23. The molecule has 2 N–H and O–H groups in total. The summed E-state index contributed by atoms with van der Waals surface area (Å²) in [5, 5.41) is 0. The molecule has 0 radical (unpaired) electrons. The van der Waals surface area contributed by atoms with E-state index in [0.717, 1.165) is 24.3 Å². The Labute approximate surface area is 113 Å². The van der Waals surface area contributed by atoms with Crippen molar-refractivity contribution in [2.24, 2.45) is 5.73 Å². The molecule has 1 aliphatic rings. The minimum Gasteiger partial charge on any atom is -0.389 e. The molecular weight excluding hydrogens is 248 g/mol. The summed E-state index contributed by atoms with van der Waals surface area (Å²) >= 11 is 4.94. The van der Waals surface area contributed by atoms with Crippen LogP contribution in [0.5, 0.6) is 0 Å². The molecule has 0 spiro atoms. The molecule has 4 nitrogen and oxygen atoms in total. The first-order valence-electron chi connectivity index (χ1n) is 5.86. The Balaban J connectivity index is 2.11. The van der Waals surface area contributed by atoms with Crippen molar-refractivity contribution in [3.63, 3.8) is 0 Å². The van der Waals surface area contributed by atoms with Crippen LogP contribution in [0.2, 0.25) is 0 Å². The van der Waals surface area contributed by atoms with E-state index in [9.17, 15) is 0 Å². The van der Waals surface area contributed by atoms with E-state index in [4.69, 9.17) is 27.4 Å². The fourth-order valence-corrected chi connectivity index (χ4v) is 2.38. The zero-order valence-corrected chi connectivity index (χ0v) is 11.4. The molecule has 98 valence electrons.